The number of carbonyl (C=O) groups is 2. The van der Waals surface area contributed by atoms with Crippen LogP contribution >= 0.6 is 23.5 Å². The maximum absolute atomic E-state index is 11.9. The summed E-state index contributed by atoms with van der Waals surface area (Å²) in [5, 5.41) is 5.43. The number of thioether (sulfide) groups is 2. The molecule has 0 heterocycles. The number of amides is 2. The zero-order valence-corrected chi connectivity index (χ0v) is 14.6. The number of hydrogen-bond donors (Lipinski definition) is 2. The van der Waals surface area contributed by atoms with Crippen LogP contribution in [0.25, 0.3) is 0 Å². The smallest absolute Gasteiger partial charge is 0.233 e. The molecule has 2 rings (SSSR count). The topological polar surface area (TPSA) is 58.2 Å². The molecular weight excluding hydrogens is 328 g/mol. The van der Waals surface area contributed by atoms with Crippen LogP contribution in [-0.4, -0.2) is 24.3 Å². The monoisotopic (exact) mass is 346 g/mol. The Hall–Kier alpha value is -1.92. The lowest BCUT2D eigenvalue weighted by Gasteiger charge is -2.07. The Balaban J connectivity index is 1.84. The average Bonchev–Trinajstić information content (AvgIpc) is 2.56. The van der Waals surface area contributed by atoms with Crippen molar-refractivity contribution < 1.29 is 9.59 Å². The third kappa shape index (κ3) is 5.65. The third-order valence-electron chi connectivity index (χ3n) is 3.07. The second-order valence-corrected chi connectivity index (χ2v) is 6.49. The van der Waals surface area contributed by atoms with E-state index in [1.54, 1.807) is 23.5 Å². The molecule has 0 radical (unpaired) electrons. The molecule has 0 spiro atoms. The Morgan fingerprint density at radius 2 is 1.09 bits per heavy atom. The van der Waals surface area contributed by atoms with Crippen molar-refractivity contribution in [2.24, 2.45) is 0 Å². The van der Waals surface area contributed by atoms with Gasteiger partial charge < -0.3 is 10.6 Å². The Bertz CT molecular complexity index is 610. The van der Waals surface area contributed by atoms with Crippen LogP contribution in [0.15, 0.2) is 58.3 Å². The minimum absolute atomic E-state index is 0.214. The van der Waals surface area contributed by atoms with Crippen molar-refractivity contribution in [3.05, 3.63) is 48.5 Å². The van der Waals surface area contributed by atoms with Gasteiger partial charge in [-0.15, -0.1) is 23.5 Å². The number of hydrogen-bond acceptors (Lipinski definition) is 4. The zero-order chi connectivity index (χ0) is 16.7. The number of rotatable bonds is 6. The molecule has 0 saturated heterocycles. The van der Waals surface area contributed by atoms with Gasteiger partial charge in [0, 0.05) is 21.2 Å². The minimum Gasteiger partial charge on any atom is -0.326 e. The fourth-order valence-corrected chi connectivity index (χ4v) is 2.72. The van der Waals surface area contributed by atoms with E-state index in [2.05, 4.69) is 10.6 Å². The first-order chi connectivity index (χ1) is 11.1. The van der Waals surface area contributed by atoms with Gasteiger partial charge in [-0.3, -0.25) is 9.59 Å². The van der Waals surface area contributed by atoms with Crippen LogP contribution < -0.4 is 10.6 Å². The normalized spacial score (nSPS) is 10.2. The second-order valence-electron chi connectivity index (χ2n) is 4.73. The fourth-order valence-electron chi connectivity index (χ4n) is 1.90. The highest BCUT2D eigenvalue weighted by Gasteiger charge is 2.10. The highest BCUT2D eigenvalue weighted by Crippen LogP contribution is 2.18. The van der Waals surface area contributed by atoms with Crippen molar-refractivity contribution >= 4 is 46.7 Å². The molecule has 2 amide bonds. The summed E-state index contributed by atoms with van der Waals surface area (Å²) in [7, 11) is 0. The van der Waals surface area contributed by atoms with Crippen molar-refractivity contribution in [3.8, 4) is 0 Å². The lowest BCUT2D eigenvalue weighted by molar-refractivity contribution is -0.123. The van der Waals surface area contributed by atoms with Crippen LogP contribution in [0, 0.1) is 0 Å². The standard InChI is InChI=1S/C17H18N2O2S2/c1-22-14-7-3-12(4-8-14)18-16(20)11-17(21)19-13-5-9-15(23-2)10-6-13/h3-10H,11H2,1-2H3,(H,18,20)(H,19,21). The first-order valence-electron chi connectivity index (χ1n) is 6.98. The van der Waals surface area contributed by atoms with Gasteiger partial charge in [-0.2, -0.15) is 0 Å². The van der Waals surface area contributed by atoms with Crippen LogP contribution in [0.1, 0.15) is 6.42 Å². The molecule has 4 nitrogen and oxygen atoms in total. The van der Waals surface area contributed by atoms with Gasteiger partial charge in [0.05, 0.1) is 0 Å². The van der Waals surface area contributed by atoms with Crippen molar-refractivity contribution in [1.29, 1.82) is 0 Å². The van der Waals surface area contributed by atoms with E-state index < -0.39 is 0 Å². The van der Waals surface area contributed by atoms with Gasteiger partial charge in [-0.05, 0) is 61.0 Å². The van der Waals surface area contributed by atoms with E-state index in [0.717, 1.165) is 9.79 Å². The fraction of sp³-hybridized carbons (Fsp3) is 0.176. The van der Waals surface area contributed by atoms with Crippen molar-refractivity contribution in [2.75, 3.05) is 23.1 Å². The van der Waals surface area contributed by atoms with Gasteiger partial charge in [0.1, 0.15) is 6.42 Å². The molecule has 2 aromatic rings. The zero-order valence-electron chi connectivity index (χ0n) is 13.0. The van der Waals surface area contributed by atoms with Gasteiger partial charge in [-0.25, -0.2) is 0 Å². The predicted molar refractivity (Wildman–Crippen MR) is 98.3 cm³/mol. The SMILES string of the molecule is CSc1ccc(NC(=O)CC(=O)Nc2ccc(SC)cc2)cc1. The molecule has 23 heavy (non-hydrogen) atoms. The molecule has 0 aromatic heterocycles. The lowest BCUT2D eigenvalue weighted by atomic mass is 10.3. The minimum atomic E-state index is -0.333. The summed E-state index contributed by atoms with van der Waals surface area (Å²) in [4.78, 5) is 26.0. The third-order valence-corrected chi connectivity index (χ3v) is 4.56. The lowest BCUT2D eigenvalue weighted by Crippen LogP contribution is -2.21. The van der Waals surface area contributed by atoms with E-state index >= 15 is 0 Å². The number of anilines is 2. The van der Waals surface area contributed by atoms with Crippen molar-refractivity contribution in [1.82, 2.24) is 0 Å². The quantitative estimate of drug-likeness (QED) is 0.611. The molecule has 0 fully saturated rings. The summed E-state index contributed by atoms with van der Waals surface area (Å²) in [6, 6.07) is 15.0. The molecule has 0 atom stereocenters. The number of carbonyl (C=O) groups excluding carboxylic acids is 2. The van der Waals surface area contributed by atoms with E-state index in [-0.39, 0.29) is 18.2 Å². The highest BCUT2D eigenvalue weighted by molar-refractivity contribution is 7.98. The van der Waals surface area contributed by atoms with E-state index in [9.17, 15) is 9.59 Å². The molecule has 0 aliphatic heterocycles. The maximum Gasteiger partial charge on any atom is 0.233 e. The van der Waals surface area contributed by atoms with Crippen molar-refractivity contribution in [3.63, 3.8) is 0 Å². The molecule has 120 valence electrons. The first kappa shape index (κ1) is 17.4. The predicted octanol–water partition coefficient (Wildman–Crippen LogP) is 4.10. The molecule has 0 saturated carbocycles. The van der Waals surface area contributed by atoms with Gasteiger partial charge in [0.15, 0.2) is 0 Å². The number of benzene rings is 2. The molecule has 2 aromatic carbocycles. The molecule has 0 bridgehead atoms. The Morgan fingerprint density at radius 1 is 0.739 bits per heavy atom. The van der Waals surface area contributed by atoms with E-state index in [4.69, 9.17) is 0 Å². The molecule has 0 unspecified atom stereocenters. The van der Waals surface area contributed by atoms with Crippen molar-refractivity contribution in [2.45, 2.75) is 16.2 Å². The van der Waals surface area contributed by atoms with Crippen LogP contribution in [0.3, 0.4) is 0 Å². The number of nitrogens with one attached hydrogen (secondary N) is 2. The van der Waals surface area contributed by atoms with E-state index in [1.807, 2.05) is 61.0 Å². The van der Waals surface area contributed by atoms with Gasteiger partial charge in [0.2, 0.25) is 11.8 Å². The van der Waals surface area contributed by atoms with Gasteiger partial charge >= 0.3 is 0 Å². The summed E-state index contributed by atoms with van der Waals surface area (Å²) in [6.45, 7) is 0. The average molecular weight is 346 g/mol. The Kier molecular flexibility index (Phi) is 6.55. The Labute approximate surface area is 144 Å². The summed E-state index contributed by atoms with van der Waals surface area (Å²) in [5.41, 5.74) is 1.37. The van der Waals surface area contributed by atoms with E-state index in [0.29, 0.717) is 11.4 Å². The van der Waals surface area contributed by atoms with Crippen LogP contribution in [-0.2, 0) is 9.59 Å². The van der Waals surface area contributed by atoms with E-state index in [1.165, 1.54) is 0 Å². The summed E-state index contributed by atoms with van der Waals surface area (Å²) in [6.07, 6.45) is 3.77. The highest BCUT2D eigenvalue weighted by atomic mass is 32.2. The Morgan fingerprint density at radius 3 is 1.39 bits per heavy atom. The summed E-state index contributed by atoms with van der Waals surface area (Å²) in [5.74, 6) is -0.666. The first-order valence-corrected chi connectivity index (χ1v) is 9.43. The van der Waals surface area contributed by atoms with Gasteiger partial charge in [0.25, 0.3) is 0 Å². The summed E-state index contributed by atoms with van der Waals surface area (Å²) < 4.78 is 0. The van der Waals surface area contributed by atoms with Crippen LogP contribution in [0.2, 0.25) is 0 Å². The van der Waals surface area contributed by atoms with Crippen LogP contribution in [0.5, 0.6) is 0 Å². The van der Waals surface area contributed by atoms with Crippen LogP contribution in [0.4, 0.5) is 11.4 Å². The largest absolute Gasteiger partial charge is 0.326 e. The molecule has 0 aliphatic rings. The molecule has 0 aliphatic carbocycles. The maximum atomic E-state index is 11.9. The summed E-state index contributed by atoms with van der Waals surface area (Å²) >= 11 is 3.27. The molecular formula is C17H18N2O2S2. The molecule has 6 heteroatoms. The molecule has 2 N–H and O–H groups in total. The van der Waals surface area contributed by atoms with Gasteiger partial charge in [-0.1, -0.05) is 0 Å². The second kappa shape index (κ2) is 8.64.